The van der Waals surface area contributed by atoms with Gasteiger partial charge in [-0.3, -0.25) is 0 Å². The van der Waals surface area contributed by atoms with Gasteiger partial charge in [-0.2, -0.15) is 0 Å². The fourth-order valence-electron chi connectivity index (χ4n) is 6.57. The molecule has 6 aromatic rings. The van der Waals surface area contributed by atoms with Crippen LogP contribution in [0.4, 0.5) is 0 Å². The Kier molecular flexibility index (Phi) is 7.39. The van der Waals surface area contributed by atoms with Gasteiger partial charge in [0.2, 0.25) is 0 Å². The third kappa shape index (κ3) is 5.36. The second-order valence-corrected chi connectivity index (χ2v) is 12.4. The molecule has 1 heterocycles. The lowest BCUT2D eigenvalue weighted by molar-refractivity contribution is 0.639. The monoisotopic (exact) mass is 579 g/mol. The predicted molar refractivity (Wildman–Crippen MR) is 192 cm³/mol. The quantitative estimate of drug-likeness (QED) is 0.191. The van der Waals surface area contributed by atoms with E-state index in [1.807, 2.05) is 6.07 Å². The smallest absolute Gasteiger partial charge is 0.0715 e. The first-order chi connectivity index (χ1) is 21.9. The Labute approximate surface area is 267 Å². The number of fused-ring (bicyclic) bond motifs is 1. The van der Waals surface area contributed by atoms with Gasteiger partial charge in [-0.25, -0.2) is 4.98 Å². The van der Waals surface area contributed by atoms with E-state index in [9.17, 15) is 0 Å². The molecule has 0 spiro atoms. The summed E-state index contributed by atoms with van der Waals surface area (Å²) in [6.07, 6.45) is 4.40. The molecule has 1 nitrogen and oxygen atoms in total. The van der Waals surface area contributed by atoms with Crippen LogP contribution in [0.1, 0.15) is 38.8 Å². The standard InChI is InChI=1S/C44H37N/c1-5-14-39-30(2)44(3,4)41-27-36(23-24-40(39)41)34-20-12-19-33(25-34)35-21-13-22-37(26-35)43-29-38(31-15-8-6-9-16-31)28-42(45-43)32-17-10-7-11-18-32/h5-29H,1-4H3/b14-5-. The van der Waals surface area contributed by atoms with Gasteiger partial charge in [-0.05, 0) is 94.3 Å². The maximum atomic E-state index is 5.16. The number of hydrogen-bond donors (Lipinski definition) is 0. The van der Waals surface area contributed by atoms with Crippen LogP contribution < -0.4 is 0 Å². The van der Waals surface area contributed by atoms with E-state index in [2.05, 4.69) is 173 Å². The Morgan fingerprint density at radius 1 is 0.489 bits per heavy atom. The Hall–Kier alpha value is -5.27. The lowest BCUT2D eigenvalue weighted by atomic mass is 9.81. The minimum absolute atomic E-state index is 0.00597. The molecule has 218 valence electrons. The zero-order chi connectivity index (χ0) is 31.0. The van der Waals surface area contributed by atoms with E-state index in [1.165, 1.54) is 50.1 Å². The van der Waals surface area contributed by atoms with Crippen molar-refractivity contribution in [3.63, 3.8) is 0 Å². The van der Waals surface area contributed by atoms with Gasteiger partial charge in [-0.15, -0.1) is 0 Å². The van der Waals surface area contributed by atoms with Crippen LogP contribution >= 0.6 is 0 Å². The zero-order valence-electron chi connectivity index (χ0n) is 26.4. The summed E-state index contributed by atoms with van der Waals surface area (Å²) in [5.74, 6) is 0. The average molecular weight is 580 g/mol. The number of benzene rings is 5. The number of allylic oxidation sites excluding steroid dienone is 4. The Morgan fingerprint density at radius 2 is 1.00 bits per heavy atom. The van der Waals surface area contributed by atoms with Crippen LogP contribution in [0.25, 0.3) is 61.5 Å². The molecule has 1 heteroatoms. The van der Waals surface area contributed by atoms with Crippen LogP contribution in [-0.2, 0) is 5.41 Å². The molecule has 0 radical (unpaired) electrons. The molecule has 1 aliphatic carbocycles. The van der Waals surface area contributed by atoms with E-state index < -0.39 is 0 Å². The molecule has 0 saturated heterocycles. The Balaban J connectivity index is 1.27. The third-order valence-electron chi connectivity index (χ3n) is 9.35. The molecule has 0 N–H and O–H groups in total. The highest BCUT2D eigenvalue weighted by atomic mass is 14.7. The van der Waals surface area contributed by atoms with Crippen molar-refractivity contribution in [2.24, 2.45) is 0 Å². The average Bonchev–Trinajstić information content (AvgIpc) is 3.29. The van der Waals surface area contributed by atoms with Crippen LogP contribution in [0.5, 0.6) is 0 Å². The minimum atomic E-state index is 0.00597. The minimum Gasteiger partial charge on any atom is -0.248 e. The molecular formula is C44H37N. The first kappa shape index (κ1) is 28.5. The molecule has 45 heavy (non-hydrogen) atoms. The third-order valence-corrected chi connectivity index (χ3v) is 9.35. The van der Waals surface area contributed by atoms with Crippen LogP contribution in [0, 0.1) is 0 Å². The molecule has 0 atom stereocenters. The van der Waals surface area contributed by atoms with E-state index in [4.69, 9.17) is 4.98 Å². The van der Waals surface area contributed by atoms with Crippen molar-refractivity contribution in [2.45, 2.75) is 33.1 Å². The van der Waals surface area contributed by atoms with Crippen molar-refractivity contribution in [1.29, 1.82) is 0 Å². The largest absolute Gasteiger partial charge is 0.248 e. The van der Waals surface area contributed by atoms with Gasteiger partial charge in [-0.1, -0.05) is 141 Å². The van der Waals surface area contributed by atoms with Crippen molar-refractivity contribution < 1.29 is 0 Å². The highest BCUT2D eigenvalue weighted by Gasteiger charge is 2.34. The van der Waals surface area contributed by atoms with E-state index in [-0.39, 0.29) is 5.41 Å². The summed E-state index contributed by atoms with van der Waals surface area (Å²) in [5, 5.41) is 0. The van der Waals surface area contributed by atoms with Crippen molar-refractivity contribution in [1.82, 2.24) is 4.98 Å². The predicted octanol–water partition coefficient (Wildman–Crippen LogP) is 12.1. The molecule has 0 saturated carbocycles. The second kappa shape index (κ2) is 11.7. The topological polar surface area (TPSA) is 12.9 Å². The fraction of sp³-hybridized carbons (Fsp3) is 0.114. The highest BCUT2D eigenvalue weighted by Crippen LogP contribution is 2.47. The first-order valence-electron chi connectivity index (χ1n) is 15.8. The van der Waals surface area contributed by atoms with Crippen LogP contribution in [0.2, 0.25) is 0 Å². The van der Waals surface area contributed by atoms with Crippen molar-refractivity contribution in [3.05, 3.63) is 168 Å². The molecule has 0 fully saturated rings. The molecule has 5 aromatic carbocycles. The van der Waals surface area contributed by atoms with Gasteiger partial charge in [0.25, 0.3) is 0 Å². The molecule has 0 aliphatic heterocycles. The van der Waals surface area contributed by atoms with Crippen molar-refractivity contribution in [2.75, 3.05) is 0 Å². The summed E-state index contributed by atoms with van der Waals surface area (Å²) in [7, 11) is 0. The summed E-state index contributed by atoms with van der Waals surface area (Å²) in [6.45, 7) is 9.05. The molecular weight excluding hydrogens is 542 g/mol. The lowest BCUT2D eigenvalue weighted by Gasteiger charge is -2.23. The lowest BCUT2D eigenvalue weighted by Crippen LogP contribution is -2.15. The number of rotatable bonds is 6. The molecule has 7 rings (SSSR count). The summed E-state index contributed by atoms with van der Waals surface area (Å²) in [5.41, 5.74) is 16.9. The van der Waals surface area contributed by atoms with E-state index in [0.29, 0.717) is 0 Å². The van der Waals surface area contributed by atoms with Gasteiger partial charge in [0.15, 0.2) is 0 Å². The molecule has 1 aliphatic rings. The summed E-state index contributed by atoms with van der Waals surface area (Å²) in [6, 6.07) is 50.1. The Morgan fingerprint density at radius 3 is 1.62 bits per heavy atom. The van der Waals surface area contributed by atoms with Crippen LogP contribution in [0.3, 0.4) is 0 Å². The number of hydrogen-bond acceptors (Lipinski definition) is 1. The van der Waals surface area contributed by atoms with Gasteiger partial charge in [0.05, 0.1) is 11.4 Å². The van der Waals surface area contributed by atoms with Gasteiger partial charge >= 0.3 is 0 Å². The maximum Gasteiger partial charge on any atom is 0.0715 e. The van der Waals surface area contributed by atoms with E-state index in [0.717, 1.165) is 28.1 Å². The number of nitrogens with zero attached hydrogens (tertiary/aromatic N) is 1. The van der Waals surface area contributed by atoms with Crippen molar-refractivity contribution in [3.8, 4) is 55.9 Å². The van der Waals surface area contributed by atoms with Crippen LogP contribution in [0.15, 0.2) is 157 Å². The SMILES string of the molecule is C/C=C\C1=C(C)C(C)(C)c2cc(-c3cccc(-c4cccc(-c5cc(-c6ccccc6)cc(-c6ccccc6)n5)c4)c3)ccc21. The zero-order valence-corrected chi connectivity index (χ0v) is 26.4. The summed E-state index contributed by atoms with van der Waals surface area (Å²) >= 11 is 0. The molecule has 0 bridgehead atoms. The van der Waals surface area contributed by atoms with Crippen LogP contribution in [-0.4, -0.2) is 4.98 Å². The summed E-state index contributed by atoms with van der Waals surface area (Å²) < 4.78 is 0. The van der Waals surface area contributed by atoms with E-state index >= 15 is 0 Å². The number of aromatic nitrogens is 1. The van der Waals surface area contributed by atoms with Gasteiger partial charge in [0.1, 0.15) is 0 Å². The van der Waals surface area contributed by atoms with Gasteiger partial charge < -0.3 is 0 Å². The maximum absolute atomic E-state index is 5.16. The Bertz CT molecular complexity index is 2020. The number of pyridine rings is 1. The normalized spacial score (nSPS) is 13.8. The van der Waals surface area contributed by atoms with E-state index in [1.54, 1.807) is 0 Å². The first-order valence-corrected chi connectivity index (χ1v) is 15.8. The summed E-state index contributed by atoms with van der Waals surface area (Å²) in [4.78, 5) is 5.16. The highest BCUT2D eigenvalue weighted by molar-refractivity contribution is 5.88. The molecule has 0 unspecified atom stereocenters. The fourth-order valence-corrected chi connectivity index (χ4v) is 6.57. The molecule has 0 amide bonds. The molecule has 1 aromatic heterocycles. The van der Waals surface area contributed by atoms with Crippen molar-refractivity contribution >= 4 is 5.57 Å². The van der Waals surface area contributed by atoms with Gasteiger partial charge in [0, 0.05) is 16.5 Å². The second-order valence-electron chi connectivity index (χ2n) is 12.4.